The van der Waals surface area contributed by atoms with E-state index in [4.69, 9.17) is 18.9 Å². The third-order valence-corrected chi connectivity index (χ3v) is 7.85. The van der Waals surface area contributed by atoms with E-state index in [0.717, 1.165) is 38.5 Å². The Morgan fingerprint density at radius 1 is 0.689 bits per heavy atom. The molecule has 0 aliphatic carbocycles. The van der Waals surface area contributed by atoms with Crippen LogP contribution in [0.15, 0.2) is 24.3 Å². The molecule has 0 aromatic heterocycles. The van der Waals surface area contributed by atoms with Gasteiger partial charge in [-0.15, -0.1) is 0 Å². The van der Waals surface area contributed by atoms with Crippen LogP contribution in [0, 0.1) is 0 Å². The lowest BCUT2D eigenvalue weighted by Gasteiger charge is -2.39. The molecule has 1 aliphatic heterocycles. The minimum absolute atomic E-state index is 0.125. The van der Waals surface area contributed by atoms with Crippen molar-refractivity contribution in [2.75, 3.05) is 19.8 Å². The van der Waals surface area contributed by atoms with Crippen molar-refractivity contribution in [1.82, 2.24) is 0 Å². The molecule has 0 aromatic rings. The number of aliphatic hydroxyl groups excluding tert-OH is 4. The van der Waals surface area contributed by atoms with Gasteiger partial charge in [0.15, 0.2) is 12.4 Å². The molecule has 1 saturated heterocycles. The minimum Gasteiger partial charge on any atom is -0.462 e. The first-order chi connectivity index (χ1) is 21.8. The summed E-state index contributed by atoms with van der Waals surface area (Å²) in [6.07, 6.45) is 18.0. The number of allylic oxidation sites excluding steroid dienone is 4. The van der Waals surface area contributed by atoms with E-state index in [9.17, 15) is 30.0 Å². The molecule has 4 N–H and O–H groups in total. The summed E-state index contributed by atoms with van der Waals surface area (Å²) in [5.41, 5.74) is 0. The van der Waals surface area contributed by atoms with Crippen LogP contribution in [0.1, 0.15) is 129 Å². The van der Waals surface area contributed by atoms with Gasteiger partial charge in [-0.2, -0.15) is 0 Å². The van der Waals surface area contributed by atoms with E-state index >= 15 is 0 Å². The van der Waals surface area contributed by atoms with Crippen LogP contribution in [0.5, 0.6) is 0 Å². The number of rotatable bonds is 27. The first-order valence-corrected chi connectivity index (χ1v) is 17.4. The van der Waals surface area contributed by atoms with Crippen molar-refractivity contribution in [3.8, 4) is 0 Å². The standard InChI is InChI=1S/C35H62O10/c1-3-5-7-9-11-12-13-14-15-16-18-20-22-24-31(38)44-28(26-42-30(37)23-21-19-17-10-8-6-4-2)27-43-35-34(41)33(40)32(39)29(25-36)45-35/h14-15,18,20,28-29,32-36,39-41H,3-13,16-17,19,21-27H2,1-2H3/b15-14+,20-18+/t28?,29-,32+,33?,34?,35-/m0/s1. The Balaban J connectivity index is 2.49. The first kappa shape index (κ1) is 41.2. The van der Waals surface area contributed by atoms with Gasteiger partial charge in [0, 0.05) is 12.8 Å². The van der Waals surface area contributed by atoms with Crippen LogP contribution in [0.2, 0.25) is 0 Å². The zero-order valence-electron chi connectivity index (χ0n) is 27.9. The van der Waals surface area contributed by atoms with Gasteiger partial charge in [0.05, 0.1) is 13.2 Å². The molecular formula is C35H62O10. The number of unbranched alkanes of at least 4 members (excludes halogenated alkanes) is 12. The molecule has 1 fully saturated rings. The molecule has 0 spiro atoms. The molecule has 45 heavy (non-hydrogen) atoms. The summed E-state index contributed by atoms with van der Waals surface area (Å²) < 4.78 is 21.8. The first-order valence-electron chi connectivity index (χ1n) is 17.4. The van der Waals surface area contributed by atoms with Gasteiger partial charge in [0.25, 0.3) is 0 Å². The topological polar surface area (TPSA) is 152 Å². The van der Waals surface area contributed by atoms with Gasteiger partial charge in [0.2, 0.25) is 0 Å². The van der Waals surface area contributed by atoms with Gasteiger partial charge in [-0.1, -0.05) is 109 Å². The molecule has 3 unspecified atom stereocenters. The van der Waals surface area contributed by atoms with Gasteiger partial charge in [-0.3, -0.25) is 9.59 Å². The Kier molecular flexibility index (Phi) is 25.0. The maximum absolute atomic E-state index is 12.6. The number of carbonyl (C=O) groups excluding carboxylic acids is 2. The zero-order valence-corrected chi connectivity index (χ0v) is 27.9. The molecule has 0 aromatic carbocycles. The van der Waals surface area contributed by atoms with Gasteiger partial charge in [-0.25, -0.2) is 0 Å². The third-order valence-electron chi connectivity index (χ3n) is 7.85. The lowest BCUT2D eigenvalue weighted by atomic mass is 9.99. The number of esters is 2. The smallest absolute Gasteiger partial charge is 0.306 e. The molecule has 1 heterocycles. The highest BCUT2D eigenvalue weighted by Crippen LogP contribution is 2.22. The fourth-order valence-corrected chi connectivity index (χ4v) is 5.00. The number of hydrogen-bond acceptors (Lipinski definition) is 10. The molecule has 0 bridgehead atoms. The van der Waals surface area contributed by atoms with Crippen molar-refractivity contribution in [2.45, 2.75) is 166 Å². The molecule has 10 heteroatoms. The van der Waals surface area contributed by atoms with Crippen molar-refractivity contribution in [3.05, 3.63) is 24.3 Å². The highest BCUT2D eigenvalue weighted by molar-refractivity contribution is 5.70. The second-order valence-corrected chi connectivity index (χ2v) is 12.0. The van der Waals surface area contributed by atoms with E-state index in [-0.39, 0.29) is 26.1 Å². The summed E-state index contributed by atoms with van der Waals surface area (Å²) in [6, 6.07) is 0. The van der Waals surface area contributed by atoms with E-state index < -0.39 is 55.4 Å². The van der Waals surface area contributed by atoms with Crippen LogP contribution >= 0.6 is 0 Å². The minimum atomic E-state index is -1.60. The SMILES string of the molecule is CCCCCCCC/C=C/C/C=C/CCC(=O)OC(COC(=O)CCCCCCCCC)CO[C@H]1O[C@@H](CO)[C@@H](O)C(O)C1O. The van der Waals surface area contributed by atoms with Crippen LogP contribution in [0.4, 0.5) is 0 Å². The summed E-state index contributed by atoms with van der Waals surface area (Å²) in [5.74, 6) is -0.895. The van der Waals surface area contributed by atoms with Crippen molar-refractivity contribution >= 4 is 11.9 Å². The van der Waals surface area contributed by atoms with Crippen LogP contribution < -0.4 is 0 Å². The van der Waals surface area contributed by atoms with Crippen LogP contribution in [-0.2, 0) is 28.5 Å². The Morgan fingerprint density at radius 3 is 1.93 bits per heavy atom. The Hall–Kier alpha value is -1.82. The highest BCUT2D eigenvalue weighted by atomic mass is 16.7. The summed E-state index contributed by atoms with van der Waals surface area (Å²) in [7, 11) is 0. The van der Waals surface area contributed by atoms with Crippen molar-refractivity contribution in [3.63, 3.8) is 0 Å². The fraction of sp³-hybridized carbons (Fsp3) is 0.829. The molecule has 6 atom stereocenters. The number of ether oxygens (including phenoxy) is 4. The second kappa shape index (κ2) is 27.3. The maximum Gasteiger partial charge on any atom is 0.306 e. The number of aliphatic hydroxyl groups is 4. The Bertz CT molecular complexity index is 799. The summed E-state index contributed by atoms with van der Waals surface area (Å²) in [6.45, 7) is 3.27. The second-order valence-electron chi connectivity index (χ2n) is 12.0. The average molecular weight is 643 g/mol. The summed E-state index contributed by atoms with van der Waals surface area (Å²) in [4.78, 5) is 24.9. The van der Waals surface area contributed by atoms with Gasteiger partial charge >= 0.3 is 11.9 Å². The van der Waals surface area contributed by atoms with E-state index in [1.54, 1.807) is 0 Å². The zero-order chi connectivity index (χ0) is 33.1. The molecule has 1 rings (SSSR count). The highest BCUT2D eigenvalue weighted by Gasteiger charge is 2.44. The molecule has 10 nitrogen and oxygen atoms in total. The quantitative estimate of drug-likeness (QED) is 0.0518. The summed E-state index contributed by atoms with van der Waals surface area (Å²) >= 11 is 0. The Labute approximate surface area is 271 Å². The lowest BCUT2D eigenvalue weighted by molar-refractivity contribution is -0.305. The molecule has 262 valence electrons. The monoisotopic (exact) mass is 642 g/mol. The van der Waals surface area contributed by atoms with E-state index in [1.165, 1.54) is 57.8 Å². The molecular weight excluding hydrogens is 580 g/mol. The van der Waals surface area contributed by atoms with Crippen molar-refractivity contribution in [2.24, 2.45) is 0 Å². The van der Waals surface area contributed by atoms with Crippen LogP contribution in [0.25, 0.3) is 0 Å². The largest absolute Gasteiger partial charge is 0.462 e. The molecule has 0 saturated carbocycles. The number of hydrogen-bond donors (Lipinski definition) is 4. The molecule has 0 radical (unpaired) electrons. The van der Waals surface area contributed by atoms with Crippen LogP contribution in [0.3, 0.4) is 0 Å². The maximum atomic E-state index is 12.6. The number of carbonyl (C=O) groups is 2. The lowest BCUT2D eigenvalue weighted by Crippen LogP contribution is -2.59. The predicted molar refractivity (Wildman–Crippen MR) is 173 cm³/mol. The normalized spacial score (nSPS) is 22.7. The van der Waals surface area contributed by atoms with Crippen molar-refractivity contribution in [1.29, 1.82) is 0 Å². The molecule has 1 aliphatic rings. The fourth-order valence-electron chi connectivity index (χ4n) is 5.00. The van der Waals surface area contributed by atoms with Gasteiger partial charge < -0.3 is 39.4 Å². The third kappa shape index (κ3) is 20.1. The van der Waals surface area contributed by atoms with Crippen molar-refractivity contribution < 1.29 is 49.0 Å². The van der Waals surface area contributed by atoms with E-state index in [0.29, 0.717) is 6.42 Å². The van der Waals surface area contributed by atoms with Gasteiger partial charge in [-0.05, 0) is 32.1 Å². The van der Waals surface area contributed by atoms with E-state index in [2.05, 4.69) is 26.0 Å². The van der Waals surface area contributed by atoms with Gasteiger partial charge in [0.1, 0.15) is 31.0 Å². The summed E-state index contributed by atoms with van der Waals surface area (Å²) in [5, 5.41) is 39.7. The van der Waals surface area contributed by atoms with Crippen LogP contribution in [-0.4, -0.2) is 89.0 Å². The molecule has 0 amide bonds. The predicted octanol–water partition coefficient (Wildman–Crippen LogP) is 5.43. The average Bonchev–Trinajstić information content (AvgIpc) is 3.03. The Morgan fingerprint density at radius 2 is 1.29 bits per heavy atom. The van der Waals surface area contributed by atoms with E-state index in [1.807, 2.05) is 12.2 Å².